The molecule has 0 atom stereocenters. The fourth-order valence-corrected chi connectivity index (χ4v) is 2.77. The minimum absolute atomic E-state index is 0.846. The van der Waals surface area contributed by atoms with Gasteiger partial charge < -0.3 is 0 Å². The van der Waals surface area contributed by atoms with Crippen LogP contribution in [-0.4, -0.2) is 14.8 Å². The molecule has 116 valence electrons. The van der Waals surface area contributed by atoms with Gasteiger partial charge in [0.1, 0.15) is 0 Å². The van der Waals surface area contributed by atoms with Gasteiger partial charge in [0.15, 0.2) is 11.6 Å². The lowest BCUT2D eigenvalue weighted by molar-refractivity contribution is 1.07. The number of aromatic nitrogens is 3. The molecule has 0 spiro atoms. The van der Waals surface area contributed by atoms with E-state index in [2.05, 4.69) is 70.2 Å². The average molecular weight is 311 g/mol. The largest absolute Gasteiger partial charge is 0.275 e. The molecule has 4 rings (SSSR count). The third-order valence-electron chi connectivity index (χ3n) is 4.02. The summed E-state index contributed by atoms with van der Waals surface area (Å²) in [6.45, 7) is 2.09. The van der Waals surface area contributed by atoms with Gasteiger partial charge in [0.05, 0.1) is 0 Å². The van der Waals surface area contributed by atoms with E-state index in [1.165, 1.54) is 5.56 Å². The Morgan fingerprint density at radius 2 is 1.04 bits per heavy atom. The predicted molar refractivity (Wildman–Crippen MR) is 97.0 cm³/mol. The quantitative estimate of drug-likeness (QED) is 0.538. The highest BCUT2D eigenvalue weighted by Crippen LogP contribution is 2.28. The molecule has 0 saturated carbocycles. The molecule has 0 aliphatic rings. The maximum Gasteiger partial charge on any atom is 0.168 e. The lowest BCUT2D eigenvalue weighted by atomic mass is 10.1. The minimum atomic E-state index is 0.846. The Hall–Kier alpha value is -3.20. The maximum atomic E-state index is 4.47. The van der Waals surface area contributed by atoms with Crippen LogP contribution in [0.4, 0.5) is 0 Å². The maximum absolute atomic E-state index is 4.47. The Morgan fingerprint density at radius 3 is 1.50 bits per heavy atom. The van der Waals surface area contributed by atoms with Crippen molar-refractivity contribution in [2.75, 3.05) is 0 Å². The topological polar surface area (TPSA) is 30.7 Å². The van der Waals surface area contributed by atoms with Crippen LogP contribution in [0.1, 0.15) is 5.56 Å². The van der Waals surface area contributed by atoms with Gasteiger partial charge in [-0.25, -0.2) is 0 Å². The molecule has 0 amide bonds. The summed E-state index contributed by atoms with van der Waals surface area (Å²) in [5, 5.41) is 8.95. The molecule has 0 fully saturated rings. The summed E-state index contributed by atoms with van der Waals surface area (Å²) >= 11 is 0. The molecule has 24 heavy (non-hydrogen) atoms. The molecule has 1 heterocycles. The monoisotopic (exact) mass is 311 g/mol. The second-order valence-corrected chi connectivity index (χ2v) is 5.75. The molecule has 3 nitrogen and oxygen atoms in total. The summed E-state index contributed by atoms with van der Waals surface area (Å²) in [7, 11) is 0. The van der Waals surface area contributed by atoms with E-state index in [4.69, 9.17) is 0 Å². The van der Waals surface area contributed by atoms with Crippen LogP contribution in [0, 0.1) is 6.92 Å². The van der Waals surface area contributed by atoms with Crippen LogP contribution in [0.5, 0.6) is 0 Å². The first-order valence-electron chi connectivity index (χ1n) is 7.96. The van der Waals surface area contributed by atoms with Gasteiger partial charge in [0.2, 0.25) is 0 Å². The standard InChI is InChI=1S/C21H17N3/c1-16-12-14-19(15-13-16)24-20(17-8-4-2-5-9-17)22-23-21(24)18-10-6-3-7-11-18/h2-15H,1H3. The number of benzene rings is 3. The van der Waals surface area contributed by atoms with Crippen molar-refractivity contribution in [3.05, 3.63) is 90.5 Å². The van der Waals surface area contributed by atoms with Crippen LogP contribution in [0.2, 0.25) is 0 Å². The van der Waals surface area contributed by atoms with Gasteiger partial charge >= 0.3 is 0 Å². The van der Waals surface area contributed by atoms with Crippen LogP contribution in [-0.2, 0) is 0 Å². The summed E-state index contributed by atoms with van der Waals surface area (Å²) in [6, 6.07) is 28.8. The van der Waals surface area contributed by atoms with Crippen LogP contribution < -0.4 is 0 Å². The second-order valence-electron chi connectivity index (χ2n) is 5.75. The number of rotatable bonds is 3. The Labute approximate surface area is 141 Å². The lowest BCUT2D eigenvalue weighted by Gasteiger charge is -2.11. The molecule has 0 saturated heterocycles. The Balaban J connectivity index is 1.96. The highest BCUT2D eigenvalue weighted by molar-refractivity contribution is 5.66. The van der Waals surface area contributed by atoms with Gasteiger partial charge in [-0.05, 0) is 19.1 Å². The Morgan fingerprint density at radius 1 is 0.583 bits per heavy atom. The van der Waals surface area contributed by atoms with Crippen molar-refractivity contribution in [2.45, 2.75) is 6.92 Å². The molecule has 0 aliphatic heterocycles. The Bertz CT molecular complexity index is 883. The highest BCUT2D eigenvalue weighted by Gasteiger charge is 2.16. The van der Waals surface area contributed by atoms with Crippen LogP contribution in [0.3, 0.4) is 0 Å². The fourth-order valence-electron chi connectivity index (χ4n) is 2.77. The van der Waals surface area contributed by atoms with Crippen molar-refractivity contribution in [3.63, 3.8) is 0 Å². The van der Waals surface area contributed by atoms with E-state index in [9.17, 15) is 0 Å². The van der Waals surface area contributed by atoms with E-state index >= 15 is 0 Å². The van der Waals surface area contributed by atoms with Crippen molar-refractivity contribution in [1.82, 2.24) is 14.8 Å². The normalized spacial score (nSPS) is 10.7. The summed E-state index contributed by atoms with van der Waals surface area (Å²) < 4.78 is 2.12. The summed E-state index contributed by atoms with van der Waals surface area (Å²) in [5.74, 6) is 1.69. The number of hydrogen-bond acceptors (Lipinski definition) is 2. The molecule has 3 heteroatoms. The van der Waals surface area contributed by atoms with Crippen molar-refractivity contribution >= 4 is 0 Å². The smallest absolute Gasteiger partial charge is 0.168 e. The van der Waals surface area contributed by atoms with Crippen LogP contribution >= 0.6 is 0 Å². The second kappa shape index (κ2) is 6.13. The van der Waals surface area contributed by atoms with Gasteiger partial charge in [-0.1, -0.05) is 78.4 Å². The molecular weight excluding hydrogens is 294 g/mol. The molecule has 0 bridgehead atoms. The van der Waals surface area contributed by atoms with E-state index in [0.717, 1.165) is 28.5 Å². The highest BCUT2D eigenvalue weighted by atomic mass is 15.3. The van der Waals surface area contributed by atoms with Crippen molar-refractivity contribution in [3.8, 4) is 28.5 Å². The molecule has 1 aromatic heterocycles. The fraction of sp³-hybridized carbons (Fsp3) is 0.0476. The molecule has 0 aliphatic carbocycles. The summed E-state index contributed by atoms with van der Waals surface area (Å²) in [4.78, 5) is 0. The summed E-state index contributed by atoms with van der Waals surface area (Å²) in [6.07, 6.45) is 0. The third-order valence-corrected chi connectivity index (χ3v) is 4.02. The van der Waals surface area contributed by atoms with Gasteiger partial charge in [-0.15, -0.1) is 10.2 Å². The van der Waals surface area contributed by atoms with Gasteiger partial charge in [0, 0.05) is 16.8 Å². The number of hydrogen-bond donors (Lipinski definition) is 0. The van der Waals surface area contributed by atoms with Crippen molar-refractivity contribution < 1.29 is 0 Å². The van der Waals surface area contributed by atoms with Gasteiger partial charge in [-0.2, -0.15) is 0 Å². The van der Waals surface area contributed by atoms with Crippen molar-refractivity contribution in [2.24, 2.45) is 0 Å². The zero-order valence-corrected chi connectivity index (χ0v) is 13.4. The average Bonchev–Trinajstić information content (AvgIpc) is 3.09. The Kier molecular flexibility index (Phi) is 3.67. The SMILES string of the molecule is Cc1ccc(-n2c(-c3ccccc3)nnc2-c2ccccc2)cc1. The summed E-state index contributed by atoms with van der Waals surface area (Å²) in [5.41, 5.74) is 4.39. The zero-order chi connectivity index (χ0) is 16.4. The molecular formula is C21H17N3. The zero-order valence-electron chi connectivity index (χ0n) is 13.4. The van der Waals surface area contributed by atoms with Gasteiger partial charge in [0.25, 0.3) is 0 Å². The molecule has 0 radical (unpaired) electrons. The van der Waals surface area contributed by atoms with E-state index in [1.54, 1.807) is 0 Å². The first-order valence-corrected chi connectivity index (χ1v) is 7.96. The number of nitrogens with zero attached hydrogens (tertiary/aromatic N) is 3. The van der Waals surface area contributed by atoms with E-state index in [-0.39, 0.29) is 0 Å². The first-order chi connectivity index (χ1) is 11.8. The first kappa shape index (κ1) is 14.4. The third kappa shape index (κ3) is 2.61. The number of aryl methyl sites for hydroxylation is 1. The lowest BCUT2D eigenvalue weighted by Crippen LogP contribution is -2.00. The van der Waals surface area contributed by atoms with E-state index < -0.39 is 0 Å². The van der Waals surface area contributed by atoms with E-state index in [1.807, 2.05) is 36.4 Å². The minimum Gasteiger partial charge on any atom is -0.275 e. The predicted octanol–water partition coefficient (Wildman–Crippen LogP) is 4.91. The van der Waals surface area contributed by atoms with Crippen LogP contribution in [0.25, 0.3) is 28.5 Å². The van der Waals surface area contributed by atoms with Crippen LogP contribution in [0.15, 0.2) is 84.9 Å². The molecule has 0 N–H and O–H groups in total. The molecule has 4 aromatic rings. The molecule has 0 unspecified atom stereocenters. The van der Waals surface area contributed by atoms with Gasteiger partial charge in [-0.3, -0.25) is 4.57 Å². The van der Waals surface area contributed by atoms with E-state index in [0.29, 0.717) is 0 Å². The molecule has 3 aromatic carbocycles. The van der Waals surface area contributed by atoms with Crippen molar-refractivity contribution in [1.29, 1.82) is 0 Å².